The summed E-state index contributed by atoms with van der Waals surface area (Å²) >= 11 is 0. The highest BCUT2D eigenvalue weighted by Gasteiger charge is 2.16. The zero-order valence-electron chi connectivity index (χ0n) is 11.7. The molecular weight excluding hydrogens is 246 g/mol. The molecule has 0 unspecified atom stereocenters. The van der Waals surface area contributed by atoms with Gasteiger partial charge in [-0.15, -0.1) is 0 Å². The van der Waals surface area contributed by atoms with Gasteiger partial charge < -0.3 is 14.5 Å². The van der Waals surface area contributed by atoms with E-state index in [0.717, 1.165) is 11.1 Å². The Kier molecular flexibility index (Phi) is 5.36. The fourth-order valence-corrected chi connectivity index (χ4v) is 1.63. The molecule has 0 radical (unpaired) electrons. The SMILES string of the molecule is CCOC(=O)C=Cc1[nH]c(C(=O)OCC)c(C)c1C. The normalized spacial score (nSPS) is 10.7. The molecule has 1 heterocycles. The Morgan fingerprint density at radius 2 is 1.74 bits per heavy atom. The lowest BCUT2D eigenvalue weighted by Crippen LogP contribution is -2.06. The summed E-state index contributed by atoms with van der Waals surface area (Å²) in [5.41, 5.74) is 2.85. The van der Waals surface area contributed by atoms with Gasteiger partial charge in [0.25, 0.3) is 0 Å². The van der Waals surface area contributed by atoms with Gasteiger partial charge in [0.2, 0.25) is 0 Å². The van der Waals surface area contributed by atoms with Crippen LogP contribution in [0.5, 0.6) is 0 Å². The number of H-pyrrole nitrogens is 1. The van der Waals surface area contributed by atoms with Gasteiger partial charge in [-0.25, -0.2) is 9.59 Å². The second-order valence-corrected chi connectivity index (χ2v) is 3.97. The van der Waals surface area contributed by atoms with Crippen LogP contribution in [0.3, 0.4) is 0 Å². The first-order valence-corrected chi connectivity index (χ1v) is 6.22. The molecule has 104 valence electrons. The van der Waals surface area contributed by atoms with E-state index in [1.54, 1.807) is 19.9 Å². The first kappa shape index (κ1) is 15.0. The maximum atomic E-state index is 11.7. The first-order valence-electron chi connectivity index (χ1n) is 6.22. The van der Waals surface area contributed by atoms with Crippen molar-refractivity contribution >= 4 is 18.0 Å². The van der Waals surface area contributed by atoms with Crippen molar-refractivity contribution < 1.29 is 19.1 Å². The monoisotopic (exact) mass is 265 g/mol. The molecule has 0 amide bonds. The number of carbonyl (C=O) groups excluding carboxylic acids is 2. The molecule has 0 saturated heterocycles. The van der Waals surface area contributed by atoms with Crippen molar-refractivity contribution in [1.82, 2.24) is 4.98 Å². The van der Waals surface area contributed by atoms with Crippen LogP contribution in [0.25, 0.3) is 6.08 Å². The zero-order valence-corrected chi connectivity index (χ0v) is 11.7. The molecule has 0 saturated carbocycles. The number of esters is 2. The van der Waals surface area contributed by atoms with Crippen LogP contribution >= 0.6 is 0 Å². The number of carbonyl (C=O) groups is 2. The van der Waals surface area contributed by atoms with Crippen molar-refractivity contribution in [3.8, 4) is 0 Å². The fourth-order valence-electron chi connectivity index (χ4n) is 1.63. The second kappa shape index (κ2) is 6.78. The van der Waals surface area contributed by atoms with Crippen LogP contribution in [0.4, 0.5) is 0 Å². The first-order chi connectivity index (χ1) is 9.01. The number of rotatable bonds is 5. The Hall–Kier alpha value is -2.04. The summed E-state index contributed by atoms with van der Waals surface area (Å²) < 4.78 is 9.75. The van der Waals surface area contributed by atoms with Gasteiger partial charge in [0.05, 0.1) is 13.2 Å². The molecule has 5 nitrogen and oxygen atoms in total. The lowest BCUT2D eigenvalue weighted by atomic mass is 10.1. The van der Waals surface area contributed by atoms with Crippen LogP contribution in [-0.2, 0) is 14.3 Å². The fraction of sp³-hybridized carbons (Fsp3) is 0.429. The number of ether oxygens (including phenoxy) is 2. The van der Waals surface area contributed by atoms with E-state index in [1.807, 2.05) is 13.8 Å². The third-order valence-electron chi connectivity index (χ3n) is 2.75. The van der Waals surface area contributed by atoms with Crippen molar-refractivity contribution in [2.24, 2.45) is 0 Å². The largest absolute Gasteiger partial charge is 0.463 e. The van der Waals surface area contributed by atoms with Crippen LogP contribution in [0.2, 0.25) is 0 Å². The average molecular weight is 265 g/mol. The van der Waals surface area contributed by atoms with E-state index in [1.165, 1.54) is 6.08 Å². The maximum Gasteiger partial charge on any atom is 0.355 e. The number of nitrogens with one attached hydrogen (secondary N) is 1. The predicted octanol–water partition coefficient (Wildman–Crippen LogP) is 2.38. The van der Waals surface area contributed by atoms with Crippen molar-refractivity contribution in [3.05, 3.63) is 28.6 Å². The minimum absolute atomic E-state index is 0.324. The van der Waals surface area contributed by atoms with Crippen molar-refractivity contribution in [1.29, 1.82) is 0 Å². The Balaban J connectivity index is 2.95. The Morgan fingerprint density at radius 1 is 1.11 bits per heavy atom. The topological polar surface area (TPSA) is 68.4 Å². The van der Waals surface area contributed by atoms with E-state index in [-0.39, 0.29) is 5.97 Å². The summed E-state index contributed by atoms with van der Waals surface area (Å²) in [5, 5.41) is 0. The number of aromatic nitrogens is 1. The molecule has 0 aliphatic heterocycles. The molecule has 0 bridgehead atoms. The van der Waals surface area contributed by atoms with E-state index < -0.39 is 5.97 Å². The standard InChI is InChI=1S/C14H19NO4/c1-5-18-12(16)8-7-11-9(3)10(4)13(15-11)14(17)19-6-2/h7-8,15H,5-6H2,1-4H3. The Labute approximate surface area is 112 Å². The average Bonchev–Trinajstić information content (AvgIpc) is 2.65. The molecule has 1 N–H and O–H groups in total. The van der Waals surface area contributed by atoms with Crippen LogP contribution in [-0.4, -0.2) is 30.1 Å². The van der Waals surface area contributed by atoms with Crippen LogP contribution in [0.1, 0.15) is 41.2 Å². The third kappa shape index (κ3) is 3.71. The molecule has 1 rings (SSSR count). The molecule has 0 aromatic carbocycles. The van der Waals surface area contributed by atoms with E-state index in [4.69, 9.17) is 9.47 Å². The highest BCUT2D eigenvalue weighted by Crippen LogP contribution is 2.19. The molecule has 0 fully saturated rings. The predicted molar refractivity (Wildman–Crippen MR) is 71.9 cm³/mol. The van der Waals surface area contributed by atoms with E-state index in [9.17, 15) is 9.59 Å². The summed E-state index contributed by atoms with van der Waals surface area (Å²) in [7, 11) is 0. The molecule has 1 aromatic rings. The highest BCUT2D eigenvalue weighted by atomic mass is 16.5. The minimum atomic E-state index is -0.410. The van der Waals surface area contributed by atoms with Crippen LogP contribution < -0.4 is 0 Å². The number of hydrogen-bond donors (Lipinski definition) is 1. The summed E-state index contributed by atoms with van der Waals surface area (Å²) in [6.07, 6.45) is 2.93. The van der Waals surface area contributed by atoms with Gasteiger partial charge in [-0.3, -0.25) is 0 Å². The van der Waals surface area contributed by atoms with Gasteiger partial charge >= 0.3 is 11.9 Å². The smallest absolute Gasteiger partial charge is 0.355 e. The molecule has 0 aliphatic carbocycles. The molecule has 5 heteroatoms. The molecular formula is C14H19NO4. The zero-order chi connectivity index (χ0) is 14.4. The second-order valence-electron chi connectivity index (χ2n) is 3.97. The van der Waals surface area contributed by atoms with Gasteiger partial charge in [-0.2, -0.15) is 0 Å². The molecule has 0 atom stereocenters. The Bertz CT molecular complexity index is 500. The van der Waals surface area contributed by atoms with Crippen molar-refractivity contribution in [2.45, 2.75) is 27.7 Å². The molecule has 1 aromatic heterocycles. The number of aromatic amines is 1. The van der Waals surface area contributed by atoms with Gasteiger partial charge in [-0.05, 0) is 44.9 Å². The molecule has 19 heavy (non-hydrogen) atoms. The molecule has 0 aliphatic rings. The van der Waals surface area contributed by atoms with Gasteiger partial charge in [-0.1, -0.05) is 0 Å². The number of hydrogen-bond acceptors (Lipinski definition) is 4. The minimum Gasteiger partial charge on any atom is -0.463 e. The van der Waals surface area contributed by atoms with Gasteiger partial charge in [0.15, 0.2) is 0 Å². The molecule has 0 spiro atoms. The summed E-state index contributed by atoms with van der Waals surface area (Å²) in [4.78, 5) is 25.9. The van der Waals surface area contributed by atoms with Crippen LogP contribution in [0, 0.1) is 13.8 Å². The summed E-state index contributed by atoms with van der Waals surface area (Å²) in [6, 6.07) is 0. The summed E-state index contributed by atoms with van der Waals surface area (Å²) in [6.45, 7) is 7.86. The van der Waals surface area contributed by atoms with Crippen molar-refractivity contribution in [2.75, 3.05) is 13.2 Å². The van der Waals surface area contributed by atoms with E-state index in [2.05, 4.69) is 4.98 Å². The Morgan fingerprint density at radius 3 is 2.32 bits per heavy atom. The third-order valence-corrected chi connectivity index (χ3v) is 2.75. The quantitative estimate of drug-likeness (QED) is 0.655. The lowest BCUT2D eigenvalue weighted by molar-refractivity contribution is -0.137. The van der Waals surface area contributed by atoms with E-state index >= 15 is 0 Å². The highest BCUT2D eigenvalue weighted by molar-refractivity contribution is 5.91. The maximum absolute atomic E-state index is 11.7. The van der Waals surface area contributed by atoms with Gasteiger partial charge in [0.1, 0.15) is 5.69 Å². The summed E-state index contributed by atoms with van der Waals surface area (Å²) in [5.74, 6) is -0.800. The van der Waals surface area contributed by atoms with Gasteiger partial charge in [0, 0.05) is 11.8 Å². The lowest BCUT2D eigenvalue weighted by Gasteiger charge is -1.99. The van der Waals surface area contributed by atoms with Crippen molar-refractivity contribution in [3.63, 3.8) is 0 Å². The van der Waals surface area contributed by atoms with Crippen LogP contribution in [0.15, 0.2) is 6.08 Å². The van der Waals surface area contributed by atoms with E-state index in [0.29, 0.717) is 24.6 Å².